The van der Waals surface area contributed by atoms with Gasteiger partial charge in [0.15, 0.2) is 0 Å². The molecule has 3 nitrogen and oxygen atoms in total. The topological polar surface area (TPSA) is 35.1 Å². The highest BCUT2D eigenvalue weighted by molar-refractivity contribution is 5.84. The van der Waals surface area contributed by atoms with Gasteiger partial charge in [-0.25, -0.2) is 0 Å². The maximum atomic E-state index is 12.0. The molecule has 0 unspecified atom stereocenters. The average molecular weight is 239 g/mol. The van der Waals surface area contributed by atoms with Gasteiger partial charge in [-0.05, 0) is 29.1 Å². The smallest absolute Gasteiger partial charge is 0.258 e. The van der Waals surface area contributed by atoms with Crippen molar-refractivity contribution in [1.82, 2.24) is 4.57 Å². The predicted octanol–water partition coefficient (Wildman–Crippen LogP) is 2.72. The van der Waals surface area contributed by atoms with Crippen LogP contribution in [0.4, 0.5) is 0 Å². The second-order valence-electron chi connectivity index (χ2n) is 4.37. The van der Waals surface area contributed by atoms with E-state index in [1.165, 1.54) is 0 Å². The van der Waals surface area contributed by atoms with E-state index < -0.39 is 0 Å². The minimum atomic E-state index is 0.0359. The Kier molecular flexibility index (Phi) is 2.52. The molecule has 2 aromatic heterocycles. The molecule has 3 aromatic rings. The lowest BCUT2D eigenvalue weighted by Gasteiger charge is -2.07. The van der Waals surface area contributed by atoms with E-state index in [0.717, 1.165) is 22.1 Å². The lowest BCUT2D eigenvalue weighted by molar-refractivity contribution is 0.521. The van der Waals surface area contributed by atoms with Gasteiger partial charge in [0, 0.05) is 25.1 Å². The fraction of sp³-hybridized carbons (Fsp3) is 0.133. The van der Waals surface area contributed by atoms with Crippen LogP contribution in [0.5, 0.6) is 0 Å². The highest BCUT2D eigenvalue weighted by Gasteiger charge is 2.08. The summed E-state index contributed by atoms with van der Waals surface area (Å²) < 4.78 is 6.99. The highest BCUT2D eigenvalue weighted by atomic mass is 16.3. The monoisotopic (exact) mass is 239 g/mol. The second kappa shape index (κ2) is 4.18. The van der Waals surface area contributed by atoms with E-state index >= 15 is 0 Å². The third kappa shape index (κ3) is 1.74. The van der Waals surface area contributed by atoms with Crippen molar-refractivity contribution in [3.8, 4) is 0 Å². The van der Waals surface area contributed by atoms with E-state index in [0.29, 0.717) is 6.42 Å². The molecule has 0 saturated heterocycles. The summed E-state index contributed by atoms with van der Waals surface area (Å²) in [6.07, 6.45) is 4.24. The van der Waals surface area contributed by atoms with Crippen molar-refractivity contribution in [3.63, 3.8) is 0 Å². The second-order valence-corrected chi connectivity index (χ2v) is 4.37. The number of nitrogens with zero attached hydrogens (tertiary/aromatic N) is 1. The molecule has 3 rings (SSSR count). The normalized spacial score (nSPS) is 10.9. The highest BCUT2D eigenvalue weighted by Crippen LogP contribution is 2.18. The third-order valence-electron chi connectivity index (χ3n) is 3.12. The first kappa shape index (κ1) is 10.8. The van der Waals surface area contributed by atoms with Gasteiger partial charge in [-0.3, -0.25) is 4.79 Å². The van der Waals surface area contributed by atoms with E-state index in [4.69, 9.17) is 4.42 Å². The molecule has 0 saturated carbocycles. The molecule has 0 atom stereocenters. The van der Waals surface area contributed by atoms with Crippen LogP contribution in [0.15, 0.2) is 58.1 Å². The van der Waals surface area contributed by atoms with Crippen molar-refractivity contribution in [2.24, 2.45) is 7.05 Å². The van der Waals surface area contributed by atoms with Crippen LogP contribution >= 0.6 is 0 Å². The zero-order chi connectivity index (χ0) is 12.5. The first-order valence-corrected chi connectivity index (χ1v) is 5.85. The summed E-state index contributed by atoms with van der Waals surface area (Å²) >= 11 is 0. The van der Waals surface area contributed by atoms with E-state index in [2.05, 4.69) is 0 Å². The number of hydrogen-bond acceptors (Lipinski definition) is 2. The van der Waals surface area contributed by atoms with Crippen molar-refractivity contribution in [1.29, 1.82) is 0 Å². The molecule has 0 radical (unpaired) electrons. The van der Waals surface area contributed by atoms with Gasteiger partial charge in [-0.1, -0.05) is 18.2 Å². The molecular formula is C15H13NO2. The summed E-state index contributed by atoms with van der Waals surface area (Å²) in [6, 6.07) is 11.5. The maximum absolute atomic E-state index is 12.0. The first-order valence-electron chi connectivity index (χ1n) is 5.85. The lowest BCUT2D eigenvalue weighted by Crippen LogP contribution is -2.17. The molecule has 0 spiro atoms. The SMILES string of the molecule is Cn1cc(Cc2ccco2)c2ccccc2c1=O. The molecule has 0 bridgehead atoms. The van der Waals surface area contributed by atoms with Crippen LogP contribution in [-0.4, -0.2) is 4.57 Å². The van der Waals surface area contributed by atoms with E-state index in [1.54, 1.807) is 17.9 Å². The standard InChI is InChI=1S/C15H13NO2/c1-16-10-11(9-12-5-4-8-18-12)13-6-2-3-7-14(13)15(16)17/h2-8,10H,9H2,1H3. The molecule has 3 heteroatoms. The number of furan rings is 1. The van der Waals surface area contributed by atoms with Crippen LogP contribution in [0.25, 0.3) is 10.8 Å². The minimum absolute atomic E-state index is 0.0359. The summed E-state index contributed by atoms with van der Waals surface area (Å²) in [5, 5.41) is 1.75. The molecule has 90 valence electrons. The molecule has 2 heterocycles. The number of rotatable bonds is 2. The van der Waals surface area contributed by atoms with E-state index in [1.807, 2.05) is 42.6 Å². The minimum Gasteiger partial charge on any atom is -0.469 e. The Bertz CT molecular complexity index is 739. The van der Waals surface area contributed by atoms with Crippen LogP contribution in [0.3, 0.4) is 0 Å². The fourth-order valence-corrected chi connectivity index (χ4v) is 2.24. The third-order valence-corrected chi connectivity index (χ3v) is 3.12. The quantitative estimate of drug-likeness (QED) is 0.689. The van der Waals surface area contributed by atoms with E-state index in [9.17, 15) is 4.79 Å². The zero-order valence-corrected chi connectivity index (χ0v) is 10.1. The number of aryl methyl sites for hydroxylation is 1. The largest absolute Gasteiger partial charge is 0.469 e. The Labute approximate surface area is 104 Å². The van der Waals surface area contributed by atoms with Gasteiger partial charge in [0.2, 0.25) is 0 Å². The van der Waals surface area contributed by atoms with Gasteiger partial charge in [0.05, 0.1) is 6.26 Å². The first-order chi connectivity index (χ1) is 8.75. The Morgan fingerprint density at radius 3 is 2.61 bits per heavy atom. The van der Waals surface area contributed by atoms with Crippen molar-refractivity contribution < 1.29 is 4.42 Å². The number of hydrogen-bond donors (Lipinski definition) is 0. The van der Waals surface area contributed by atoms with Gasteiger partial charge >= 0.3 is 0 Å². The number of benzene rings is 1. The Morgan fingerprint density at radius 2 is 1.89 bits per heavy atom. The summed E-state index contributed by atoms with van der Waals surface area (Å²) in [5.74, 6) is 0.902. The number of fused-ring (bicyclic) bond motifs is 1. The summed E-state index contributed by atoms with van der Waals surface area (Å²) in [7, 11) is 1.78. The summed E-state index contributed by atoms with van der Waals surface area (Å²) in [5.41, 5.74) is 1.14. The maximum Gasteiger partial charge on any atom is 0.258 e. The van der Waals surface area contributed by atoms with Gasteiger partial charge < -0.3 is 8.98 Å². The Morgan fingerprint density at radius 1 is 1.11 bits per heavy atom. The lowest BCUT2D eigenvalue weighted by atomic mass is 10.0. The van der Waals surface area contributed by atoms with Gasteiger partial charge in [0.25, 0.3) is 5.56 Å². The fourth-order valence-electron chi connectivity index (χ4n) is 2.24. The molecule has 1 aromatic carbocycles. The van der Waals surface area contributed by atoms with Gasteiger partial charge in [-0.15, -0.1) is 0 Å². The van der Waals surface area contributed by atoms with Gasteiger partial charge in [-0.2, -0.15) is 0 Å². The van der Waals surface area contributed by atoms with Crippen molar-refractivity contribution in [2.75, 3.05) is 0 Å². The van der Waals surface area contributed by atoms with Crippen molar-refractivity contribution in [2.45, 2.75) is 6.42 Å². The van der Waals surface area contributed by atoms with Gasteiger partial charge in [0.1, 0.15) is 5.76 Å². The zero-order valence-electron chi connectivity index (χ0n) is 10.1. The molecule has 0 aliphatic heterocycles. The molecule has 0 fully saturated rings. The summed E-state index contributed by atoms with van der Waals surface area (Å²) in [4.78, 5) is 12.0. The number of aromatic nitrogens is 1. The van der Waals surface area contributed by atoms with Crippen LogP contribution < -0.4 is 5.56 Å². The average Bonchev–Trinajstić information content (AvgIpc) is 2.89. The predicted molar refractivity (Wildman–Crippen MR) is 70.7 cm³/mol. The van der Waals surface area contributed by atoms with Crippen molar-refractivity contribution in [3.05, 3.63) is 70.5 Å². The van der Waals surface area contributed by atoms with Crippen LogP contribution in [0.2, 0.25) is 0 Å². The van der Waals surface area contributed by atoms with Crippen LogP contribution in [-0.2, 0) is 13.5 Å². The molecular weight excluding hydrogens is 226 g/mol. The van der Waals surface area contributed by atoms with E-state index in [-0.39, 0.29) is 5.56 Å². The molecule has 0 aliphatic carbocycles. The Balaban J connectivity index is 2.23. The van der Waals surface area contributed by atoms with Crippen molar-refractivity contribution >= 4 is 10.8 Å². The van der Waals surface area contributed by atoms with Crippen LogP contribution in [0.1, 0.15) is 11.3 Å². The molecule has 0 aliphatic rings. The molecule has 18 heavy (non-hydrogen) atoms. The molecule has 0 N–H and O–H groups in total. The summed E-state index contributed by atoms with van der Waals surface area (Å²) in [6.45, 7) is 0. The number of pyridine rings is 1. The Hall–Kier alpha value is -2.29. The molecule has 0 amide bonds. The van der Waals surface area contributed by atoms with Crippen LogP contribution in [0, 0.1) is 0 Å².